The van der Waals surface area contributed by atoms with E-state index >= 15 is 0 Å². The van der Waals surface area contributed by atoms with Gasteiger partial charge in [-0.15, -0.1) is 0 Å². The molecule has 0 saturated carbocycles. The Morgan fingerprint density at radius 3 is 2.94 bits per heavy atom. The summed E-state index contributed by atoms with van der Waals surface area (Å²) in [5.74, 6) is 1.05. The molecular weight excluding hydrogens is 210 g/mol. The molecule has 0 fully saturated rings. The average Bonchev–Trinajstić information content (AvgIpc) is 2.70. The molecule has 1 aliphatic heterocycles. The summed E-state index contributed by atoms with van der Waals surface area (Å²) < 4.78 is 5.49. The van der Waals surface area contributed by atoms with Crippen LogP contribution in [0, 0.1) is 0 Å². The van der Waals surface area contributed by atoms with E-state index in [1.807, 2.05) is 0 Å². The molecule has 0 radical (unpaired) electrons. The minimum absolute atomic E-state index is 0.177. The molecule has 17 heavy (non-hydrogen) atoms. The van der Waals surface area contributed by atoms with Gasteiger partial charge < -0.3 is 10.1 Å². The lowest BCUT2D eigenvalue weighted by Gasteiger charge is -2.18. The monoisotopic (exact) mass is 231 g/mol. The van der Waals surface area contributed by atoms with Crippen molar-refractivity contribution in [2.24, 2.45) is 0 Å². The predicted octanol–water partition coefficient (Wildman–Crippen LogP) is 3.02. The number of hydrogen-bond acceptors (Lipinski definition) is 2. The number of rotatable bonds is 3. The van der Waals surface area contributed by atoms with E-state index < -0.39 is 0 Å². The molecule has 1 aromatic carbocycles. The van der Waals surface area contributed by atoms with Gasteiger partial charge in [0.2, 0.25) is 0 Å². The zero-order valence-corrected chi connectivity index (χ0v) is 10.9. The van der Waals surface area contributed by atoms with Crippen molar-refractivity contribution in [3.8, 4) is 5.75 Å². The van der Waals surface area contributed by atoms with Crippen LogP contribution in [0.15, 0.2) is 24.3 Å². The molecule has 0 saturated heterocycles. The fraction of sp³-hybridized carbons (Fsp3) is 0.467. The highest BCUT2D eigenvalue weighted by Gasteiger charge is 2.11. The van der Waals surface area contributed by atoms with E-state index in [-0.39, 0.29) is 5.54 Å². The highest BCUT2D eigenvalue weighted by molar-refractivity contribution is 5.54. The van der Waals surface area contributed by atoms with E-state index in [4.69, 9.17) is 4.74 Å². The Morgan fingerprint density at radius 1 is 1.35 bits per heavy atom. The maximum absolute atomic E-state index is 5.49. The third-order valence-electron chi connectivity index (χ3n) is 2.77. The van der Waals surface area contributed by atoms with E-state index in [2.05, 4.69) is 56.4 Å². The molecule has 0 aliphatic carbocycles. The Morgan fingerprint density at radius 2 is 2.18 bits per heavy atom. The van der Waals surface area contributed by atoms with Crippen molar-refractivity contribution in [3.05, 3.63) is 35.4 Å². The Kier molecular flexibility index (Phi) is 3.53. The molecule has 0 unspecified atom stereocenters. The smallest absolute Gasteiger partial charge is 0.122 e. The SMILES string of the molecule is CC(C)(C)NCC=Cc1ccc2c(c1)CCO2. The van der Waals surface area contributed by atoms with Crippen LogP contribution in [0.3, 0.4) is 0 Å². The number of nitrogens with one attached hydrogen (secondary N) is 1. The molecule has 0 amide bonds. The van der Waals surface area contributed by atoms with Gasteiger partial charge in [-0.05, 0) is 44.0 Å². The number of benzene rings is 1. The normalized spacial score (nSPS) is 15.0. The second-order valence-electron chi connectivity index (χ2n) is 5.50. The zero-order valence-electron chi connectivity index (χ0n) is 10.9. The second-order valence-corrected chi connectivity index (χ2v) is 5.50. The van der Waals surface area contributed by atoms with Gasteiger partial charge in [0.05, 0.1) is 6.61 Å². The van der Waals surface area contributed by atoms with Crippen LogP contribution in [0.2, 0.25) is 0 Å². The van der Waals surface area contributed by atoms with Crippen LogP contribution in [-0.2, 0) is 6.42 Å². The van der Waals surface area contributed by atoms with Crippen molar-refractivity contribution in [1.82, 2.24) is 5.32 Å². The summed E-state index contributed by atoms with van der Waals surface area (Å²) in [6.45, 7) is 8.25. The molecule has 0 atom stereocenters. The van der Waals surface area contributed by atoms with Crippen LogP contribution in [0.25, 0.3) is 6.08 Å². The van der Waals surface area contributed by atoms with Gasteiger partial charge in [-0.25, -0.2) is 0 Å². The minimum Gasteiger partial charge on any atom is -0.493 e. The molecule has 2 nitrogen and oxygen atoms in total. The third kappa shape index (κ3) is 3.60. The summed E-state index contributed by atoms with van der Waals surface area (Å²) in [6.07, 6.45) is 5.37. The number of hydrogen-bond donors (Lipinski definition) is 1. The molecular formula is C15H21NO. The van der Waals surface area contributed by atoms with Gasteiger partial charge >= 0.3 is 0 Å². The van der Waals surface area contributed by atoms with Crippen LogP contribution >= 0.6 is 0 Å². The summed E-state index contributed by atoms with van der Waals surface area (Å²) >= 11 is 0. The van der Waals surface area contributed by atoms with Crippen LogP contribution in [-0.4, -0.2) is 18.7 Å². The first-order valence-electron chi connectivity index (χ1n) is 6.22. The molecule has 1 N–H and O–H groups in total. The fourth-order valence-electron chi connectivity index (χ4n) is 1.87. The van der Waals surface area contributed by atoms with Gasteiger partial charge in [-0.2, -0.15) is 0 Å². The standard InChI is InChI=1S/C15H21NO/c1-15(2,3)16-9-4-5-12-6-7-14-13(11-12)8-10-17-14/h4-7,11,16H,8-10H2,1-3H3. The fourth-order valence-corrected chi connectivity index (χ4v) is 1.87. The lowest BCUT2D eigenvalue weighted by atomic mass is 10.1. The van der Waals surface area contributed by atoms with Crippen LogP contribution < -0.4 is 10.1 Å². The van der Waals surface area contributed by atoms with Crippen molar-refractivity contribution in [3.63, 3.8) is 0 Å². The largest absolute Gasteiger partial charge is 0.493 e. The number of ether oxygens (including phenoxy) is 1. The summed E-state index contributed by atoms with van der Waals surface area (Å²) in [6, 6.07) is 6.40. The Balaban J connectivity index is 1.93. The summed E-state index contributed by atoms with van der Waals surface area (Å²) in [7, 11) is 0. The van der Waals surface area contributed by atoms with E-state index in [9.17, 15) is 0 Å². The highest BCUT2D eigenvalue weighted by atomic mass is 16.5. The topological polar surface area (TPSA) is 21.3 Å². The molecule has 92 valence electrons. The third-order valence-corrected chi connectivity index (χ3v) is 2.77. The average molecular weight is 231 g/mol. The van der Waals surface area contributed by atoms with Crippen molar-refractivity contribution in [2.45, 2.75) is 32.7 Å². The van der Waals surface area contributed by atoms with Gasteiger partial charge in [0.15, 0.2) is 0 Å². The molecule has 2 heteroatoms. The van der Waals surface area contributed by atoms with E-state index in [1.165, 1.54) is 11.1 Å². The molecule has 1 heterocycles. The van der Waals surface area contributed by atoms with Gasteiger partial charge in [0.1, 0.15) is 5.75 Å². The van der Waals surface area contributed by atoms with Crippen LogP contribution in [0.4, 0.5) is 0 Å². The first-order valence-corrected chi connectivity index (χ1v) is 6.22. The van der Waals surface area contributed by atoms with E-state index in [1.54, 1.807) is 0 Å². The lowest BCUT2D eigenvalue weighted by Crippen LogP contribution is -2.35. The van der Waals surface area contributed by atoms with Crippen molar-refractivity contribution in [2.75, 3.05) is 13.2 Å². The summed E-state index contributed by atoms with van der Waals surface area (Å²) in [5, 5.41) is 3.43. The lowest BCUT2D eigenvalue weighted by molar-refractivity contribution is 0.357. The molecule has 1 aromatic rings. The van der Waals surface area contributed by atoms with Gasteiger partial charge in [-0.1, -0.05) is 18.2 Å². The Labute approximate surface area is 104 Å². The van der Waals surface area contributed by atoms with Crippen molar-refractivity contribution in [1.29, 1.82) is 0 Å². The summed E-state index contributed by atoms with van der Waals surface area (Å²) in [4.78, 5) is 0. The Hall–Kier alpha value is -1.28. The molecule has 0 spiro atoms. The molecule has 2 rings (SSSR count). The minimum atomic E-state index is 0.177. The second kappa shape index (κ2) is 4.92. The van der Waals surface area contributed by atoms with Crippen LogP contribution in [0.1, 0.15) is 31.9 Å². The van der Waals surface area contributed by atoms with E-state index in [0.717, 1.165) is 25.3 Å². The zero-order chi connectivity index (χ0) is 12.3. The Bertz CT molecular complexity index is 415. The number of fused-ring (bicyclic) bond motifs is 1. The first-order chi connectivity index (χ1) is 8.04. The van der Waals surface area contributed by atoms with E-state index in [0.29, 0.717) is 0 Å². The molecule has 1 aliphatic rings. The van der Waals surface area contributed by atoms with Gasteiger partial charge in [0, 0.05) is 18.5 Å². The van der Waals surface area contributed by atoms with Crippen LogP contribution in [0.5, 0.6) is 5.75 Å². The van der Waals surface area contributed by atoms with Gasteiger partial charge in [0.25, 0.3) is 0 Å². The highest BCUT2D eigenvalue weighted by Crippen LogP contribution is 2.26. The predicted molar refractivity (Wildman–Crippen MR) is 72.4 cm³/mol. The van der Waals surface area contributed by atoms with Crippen molar-refractivity contribution >= 4 is 6.08 Å². The quantitative estimate of drug-likeness (QED) is 0.863. The molecule has 0 aromatic heterocycles. The maximum Gasteiger partial charge on any atom is 0.122 e. The maximum atomic E-state index is 5.49. The first kappa shape index (κ1) is 12.2. The van der Waals surface area contributed by atoms with Crippen molar-refractivity contribution < 1.29 is 4.74 Å². The molecule has 0 bridgehead atoms. The van der Waals surface area contributed by atoms with Gasteiger partial charge in [-0.3, -0.25) is 0 Å². The summed E-state index contributed by atoms with van der Waals surface area (Å²) in [5.41, 5.74) is 2.76.